The molecule has 0 spiro atoms. The number of nitrogens with two attached hydrogens (primary N) is 1. The lowest BCUT2D eigenvalue weighted by molar-refractivity contribution is -0.120. The second kappa shape index (κ2) is 3.53. The number of carbonyl (C=O) groups is 1. The van der Waals surface area contributed by atoms with Gasteiger partial charge >= 0.3 is 0 Å². The van der Waals surface area contributed by atoms with Gasteiger partial charge in [0.05, 0.1) is 5.92 Å². The van der Waals surface area contributed by atoms with E-state index >= 15 is 0 Å². The minimum Gasteiger partial charge on any atom is -0.369 e. The maximum atomic E-state index is 10.8. The molecular weight excluding hydrogens is 140 g/mol. The molecule has 1 rings (SSSR count). The highest BCUT2D eigenvalue weighted by Gasteiger charge is 2.15. The SMILES string of the molecule is CC(C(N)=O)C1=CCNCC1. The Balaban J connectivity index is 2.58. The van der Waals surface area contributed by atoms with E-state index in [0.29, 0.717) is 0 Å². The van der Waals surface area contributed by atoms with Crippen molar-refractivity contribution in [3.8, 4) is 0 Å². The molecule has 1 unspecified atom stereocenters. The third-order valence-corrected chi connectivity index (χ3v) is 2.08. The Morgan fingerprint density at radius 3 is 3.00 bits per heavy atom. The normalized spacial score (nSPS) is 20.6. The molecule has 0 saturated carbocycles. The van der Waals surface area contributed by atoms with Crippen LogP contribution in [-0.4, -0.2) is 19.0 Å². The van der Waals surface area contributed by atoms with Crippen molar-refractivity contribution in [3.05, 3.63) is 11.6 Å². The van der Waals surface area contributed by atoms with Gasteiger partial charge in [0.25, 0.3) is 0 Å². The van der Waals surface area contributed by atoms with E-state index in [1.54, 1.807) is 0 Å². The van der Waals surface area contributed by atoms with Crippen molar-refractivity contribution >= 4 is 5.91 Å². The van der Waals surface area contributed by atoms with Gasteiger partial charge in [-0.3, -0.25) is 4.79 Å². The van der Waals surface area contributed by atoms with Crippen molar-refractivity contribution in [2.75, 3.05) is 13.1 Å². The highest BCUT2D eigenvalue weighted by Crippen LogP contribution is 2.14. The minimum absolute atomic E-state index is 0.0860. The quantitative estimate of drug-likeness (QED) is 0.551. The molecule has 11 heavy (non-hydrogen) atoms. The molecule has 1 heterocycles. The molecule has 0 radical (unpaired) electrons. The van der Waals surface area contributed by atoms with Gasteiger partial charge in [0, 0.05) is 6.54 Å². The van der Waals surface area contributed by atoms with Crippen LogP contribution in [0, 0.1) is 5.92 Å². The molecule has 0 aromatic rings. The van der Waals surface area contributed by atoms with E-state index in [4.69, 9.17) is 5.73 Å². The van der Waals surface area contributed by atoms with E-state index in [1.165, 1.54) is 5.57 Å². The van der Waals surface area contributed by atoms with Crippen LogP contribution >= 0.6 is 0 Å². The fraction of sp³-hybridized carbons (Fsp3) is 0.625. The van der Waals surface area contributed by atoms with Gasteiger partial charge in [0.2, 0.25) is 5.91 Å². The van der Waals surface area contributed by atoms with Gasteiger partial charge in [-0.1, -0.05) is 11.6 Å². The van der Waals surface area contributed by atoms with Crippen molar-refractivity contribution in [2.45, 2.75) is 13.3 Å². The van der Waals surface area contributed by atoms with Crippen molar-refractivity contribution < 1.29 is 4.79 Å². The van der Waals surface area contributed by atoms with Gasteiger partial charge in [-0.25, -0.2) is 0 Å². The molecule has 62 valence electrons. The summed E-state index contributed by atoms with van der Waals surface area (Å²) < 4.78 is 0. The third-order valence-electron chi connectivity index (χ3n) is 2.08. The Kier molecular flexibility index (Phi) is 2.65. The molecule has 0 aromatic heterocycles. The van der Waals surface area contributed by atoms with Gasteiger partial charge in [-0.05, 0) is 19.9 Å². The number of amides is 1. The molecule has 1 atom stereocenters. The van der Waals surface area contributed by atoms with Crippen LogP contribution in [0.4, 0.5) is 0 Å². The zero-order chi connectivity index (χ0) is 8.27. The molecule has 1 aliphatic rings. The summed E-state index contributed by atoms with van der Waals surface area (Å²) in [5.41, 5.74) is 6.34. The number of hydrogen-bond donors (Lipinski definition) is 2. The number of hydrogen-bond acceptors (Lipinski definition) is 2. The standard InChI is InChI=1S/C8H14N2O/c1-6(8(9)11)7-2-4-10-5-3-7/h2,6,10H,3-5H2,1H3,(H2,9,11). The summed E-state index contributed by atoms with van der Waals surface area (Å²) in [6.45, 7) is 3.69. The first-order valence-corrected chi connectivity index (χ1v) is 3.91. The molecule has 3 N–H and O–H groups in total. The molecule has 0 fully saturated rings. The lowest BCUT2D eigenvalue weighted by Crippen LogP contribution is -2.28. The monoisotopic (exact) mass is 154 g/mol. The molecule has 1 amide bonds. The Bertz CT molecular complexity index is 187. The van der Waals surface area contributed by atoms with Crippen LogP contribution in [-0.2, 0) is 4.79 Å². The van der Waals surface area contributed by atoms with Crippen molar-refractivity contribution in [1.82, 2.24) is 5.32 Å². The molecule has 0 aromatic carbocycles. The first-order valence-electron chi connectivity index (χ1n) is 3.91. The topological polar surface area (TPSA) is 55.1 Å². The van der Waals surface area contributed by atoms with E-state index in [-0.39, 0.29) is 11.8 Å². The molecule has 0 bridgehead atoms. The summed E-state index contributed by atoms with van der Waals surface area (Å²) in [6, 6.07) is 0. The van der Waals surface area contributed by atoms with Gasteiger partial charge in [0.15, 0.2) is 0 Å². The number of primary amides is 1. The number of rotatable bonds is 2. The van der Waals surface area contributed by atoms with Crippen LogP contribution in [0.15, 0.2) is 11.6 Å². The van der Waals surface area contributed by atoms with Gasteiger partial charge in [0.1, 0.15) is 0 Å². The fourth-order valence-electron chi connectivity index (χ4n) is 1.22. The Morgan fingerprint density at radius 2 is 2.55 bits per heavy atom. The summed E-state index contributed by atoms with van der Waals surface area (Å²) in [7, 11) is 0. The highest BCUT2D eigenvalue weighted by molar-refractivity contribution is 5.79. The Labute approximate surface area is 66.6 Å². The van der Waals surface area contributed by atoms with Crippen LogP contribution in [0.5, 0.6) is 0 Å². The lowest BCUT2D eigenvalue weighted by Gasteiger charge is -2.17. The van der Waals surface area contributed by atoms with Crippen LogP contribution in [0.25, 0.3) is 0 Å². The molecule has 0 aliphatic carbocycles. The summed E-state index contributed by atoms with van der Waals surface area (Å²) in [5.74, 6) is -0.310. The van der Waals surface area contributed by atoms with Crippen LogP contribution in [0.3, 0.4) is 0 Å². The first kappa shape index (κ1) is 8.27. The van der Waals surface area contributed by atoms with E-state index in [2.05, 4.69) is 11.4 Å². The van der Waals surface area contributed by atoms with Crippen molar-refractivity contribution in [1.29, 1.82) is 0 Å². The minimum atomic E-state index is -0.224. The smallest absolute Gasteiger partial charge is 0.224 e. The summed E-state index contributed by atoms with van der Waals surface area (Å²) in [5, 5.41) is 3.18. The van der Waals surface area contributed by atoms with Crippen LogP contribution in [0.1, 0.15) is 13.3 Å². The summed E-state index contributed by atoms with van der Waals surface area (Å²) in [6.07, 6.45) is 3.00. The van der Waals surface area contributed by atoms with E-state index in [9.17, 15) is 4.79 Å². The van der Waals surface area contributed by atoms with Crippen LogP contribution in [0.2, 0.25) is 0 Å². The molecule has 3 heteroatoms. The molecule has 3 nitrogen and oxygen atoms in total. The zero-order valence-electron chi connectivity index (χ0n) is 6.76. The average Bonchev–Trinajstić information content (AvgIpc) is 2.05. The number of nitrogens with one attached hydrogen (secondary N) is 1. The molecule has 1 aliphatic heterocycles. The predicted molar refractivity (Wildman–Crippen MR) is 43.9 cm³/mol. The van der Waals surface area contributed by atoms with E-state index < -0.39 is 0 Å². The average molecular weight is 154 g/mol. The summed E-state index contributed by atoms with van der Waals surface area (Å²) in [4.78, 5) is 10.8. The molecular formula is C8H14N2O. The second-order valence-corrected chi connectivity index (χ2v) is 2.86. The van der Waals surface area contributed by atoms with Gasteiger partial charge in [-0.2, -0.15) is 0 Å². The largest absolute Gasteiger partial charge is 0.369 e. The first-order chi connectivity index (χ1) is 5.22. The zero-order valence-corrected chi connectivity index (χ0v) is 6.76. The summed E-state index contributed by atoms with van der Waals surface area (Å²) >= 11 is 0. The van der Waals surface area contributed by atoms with Crippen LogP contribution < -0.4 is 11.1 Å². The van der Waals surface area contributed by atoms with E-state index in [0.717, 1.165) is 19.5 Å². The van der Waals surface area contributed by atoms with Crippen molar-refractivity contribution in [2.24, 2.45) is 11.7 Å². The maximum absolute atomic E-state index is 10.8. The fourth-order valence-corrected chi connectivity index (χ4v) is 1.22. The highest BCUT2D eigenvalue weighted by atomic mass is 16.1. The third kappa shape index (κ3) is 2.05. The Hall–Kier alpha value is -0.830. The number of carbonyl (C=O) groups excluding carboxylic acids is 1. The van der Waals surface area contributed by atoms with E-state index in [1.807, 2.05) is 6.92 Å². The van der Waals surface area contributed by atoms with Crippen molar-refractivity contribution in [3.63, 3.8) is 0 Å². The van der Waals surface area contributed by atoms with Gasteiger partial charge in [-0.15, -0.1) is 0 Å². The molecule has 0 saturated heterocycles. The maximum Gasteiger partial charge on any atom is 0.224 e. The van der Waals surface area contributed by atoms with Gasteiger partial charge < -0.3 is 11.1 Å². The lowest BCUT2D eigenvalue weighted by atomic mass is 9.95. The second-order valence-electron chi connectivity index (χ2n) is 2.86. The Morgan fingerprint density at radius 1 is 1.82 bits per heavy atom. The predicted octanol–water partition coefficient (Wildman–Crippen LogP) is 0.0275.